The monoisotopic (exact) mass is 368 g/mol. The average molecular weight is 369 g/mol. The molecule has 0 unspecified atom stereocenters. The lowest BCUT2D eigenvalue weighted by atomic mass is 9.90. The van der Waals surface area contributed by atoms with Crippen molar-refractivity contribution in [3.63, 3.8) is 0 Å². The number of nitrogens with zero attached hydrogens (tertiary/aromatic N) is 2. The minimum Gasteiger partial charge on any atom is -0.367 e. The number of halogens is 1. The molecule has 0 saturated carbocycles. The summed E-state index contributed by atoms with van der Waals surface area (Å²) >= 11 is 6.65. The molecule has 6 heteroatoms. The molecule has 0 spiro atoms. The van der Waals surface area contributed by atoms with E-state index >= 15 is 0 Å². The van der Waals surface area contributed by atoms with Crippen molar-refractivity contribution in [2.75, 3.05) is 0 Å². The van der Waals surface area contributed by atoms with E-state index in [4.69, 9.17) is 21.3 Å². The molecule has 0 fully saturated rings. The molecule has 2 aliphatic heterocycles. The number of ether oxygens (including phenoxy) is 1. The van der Waals surface area contributed by atoms with Crippen molar-refractivity contribution >= 4 is 22.5 Å². The van der Waals surface area contributed by atoms with Gasteiger partial charge in [-0.3, -0.25) is 4.79 Å². The molecule has 0 amide bonds. The molecule has 0 radical (unpaired) electrons. The van der Waals surface area contributed by atoms with Gasteiger partial charge in [0.25, 0.3) is 5.56 Å². The van der Waals surface area contributed by atoms with E-state index in [1.165, 1.54) is 0 Å². The average Bonchev–Trinajstić information content (AvgIpc) is 3.01. The maximum atomic E-state index is 13.1. The molecule has 0 bridgehead atoms. The molecule has 0 aliphatic carbocycles. The van der Waals surface area contributed by atoms with Crippen LogP contribution in [0.5, 0.6) is 0 Å². The molecule has 4 heterocycles. The van der Waals surface area contributed by atoms with E-state index in [1.54, 1.807) is 4.57 Å². The first-order valence-electron chi connectivity index (χ1n) is 8.74. The van der Waals surface area contributed by atoms with Crippen molar-refractivity contribution < 1.29 is 9.84 Å². The van der Waals surface area contributed by atoms with Gasteiger partial charge in [-0.15, -0.1) is 0 Å². The summed E-state index contributed by atoms with van der Waals surface area (Å²) in [7, 11) is 0. The predicted molar refractivity (Wildman–Crippen MR) is 99.4 cm³/mol. The highest BCUT2D eigenvalue weighted by Gasteiger charge is 2.34. The number of fused-ring (bicyclic) bond motifs is 5. The van der Waals surface area contributed by atoms with Crippen LogP contribution in [-0.4, -0.2) is 20.9 Å². The highest BCUT2D eigenvalue weighted by Crippen LogP contribution is 2.40. The Morgan fingerprint density at radius 3 is 2.96 bits per heavy atom. The first-order valence-corrected chi connectivity index (χ1v) is 9.11. The lowest BCUT2D eigenvalue weighted by Gasteiger charge is -2.29. The third-order valence-corrected chi connectivity index (χ3v) is 5.93. The largest absolute Gasteiger partial charge is 0.367 e. The Bertz CT molecular complexity index is 1120. The maximum Gasteiger partial charge on any atom is 0.257 e. The Morgan fingerprint density at radius 1 is 1.35 bits per heavy atom. The van der Waals surface area contributed by atoms with Gasteiger partial charge in [-0.2, -0.15) is 0 Å². The number of para-hydroxylation sites is 1. The molecule has 132 valence electrons. The van der Waals surface area contributed by atoms with E-state index < -0.39 is 6.29 Å². The molecule has 26 heavy (non-hydrogen) atoms. The van der Waals surface area contributed by atoms with Crippen molar-refractivity contribution in [2.45, 2.75) is 38.7 Å². The summed E-state index contributed by atoms with van der Waals surface area (Å²) in [6, 6.07) is 9.71. The van der Waals surface area contributed by atoms with Gasteiger partial charge in [0.2, 0.25) is 0 Å². The van der Waals surface area contributed by atoms with Crippen LogP contribution in [0, 0.1) is 0 Å². The van der Waals surface area contributed by atoms with E-state index in [1.807, 2.05) is 37.3 Å². The first kappa shape index (κ1) is 16.0. The summed E-state index contributed by atoms with van der Waals surface area (Å²) in [4.78, 5) is 17.9. The predicted octanol–water partition coefficient (Wildman–Crippen LogP) is 3.42. The zero-order valence-corrected chi connectivity index (χ0v) is 15.0. The standard InChI is InChI=1S/C20H17ClN2O3/c1-2-10-12-7-16-18-13(17(21)11-5-3-4-6-15(11)22-18)8-23(16)19(24)14(12)9-26-20(10)25/h3-7,10,20,25H,2,8-9H2,1H3/t10-,20+/m0/s1. The molecule has 1 aromatic carbocycles. The molecule has 2 atom stereocenters. The van der Waals surface area contributed by atoms with Crippen molar-refractivity contribution in [2.24, 2.45) is 0 Å². The van der Waals surface area contributed by atoms with Crippen LogP contribution >= 0.6 is 11.6 Å². The van der Waals surface area contributed by atoms with Gasteiger partial charge in [-0.1, -0.05) is 36.7 Å². The number of aliphatic hydroxyl groups excluding tert-OH is 1. The van der Waals surface area contributed by atoms with Gasteiger partial charge in [-0.05, 0) is 24.1 Å². The van der Waals surface area contributed by atoms with Crippen LogP contribution in [0.2, 0.25) is 5.02 Å². The second kappa shape index (κ2) is 5.64. The molecule has 1 N–H and O–H groups in total. The smallest absolute Gasteiger partial charge is 0.257 e. The number of pyridine rings is 2. The van der Waals surface area contributed by atoms with Gasteiger partial charge in [0, 0.05) is 22.4 Å². The van der Waals surface area contributed by atoms with Gasteiger partial charge < -0.3 is 14.4 Å². The number of rotatable bonds is 1. The van der Waals surface area contributed by atoms with Crippen LogP contribution in [0.25, 0.3) is 22.3 Å². The van der Waals surface area contributed by atoms with Gasteiger partial charge in [0.1, 0.15) is 0 Å². The summed E-state index contributed by atoms with van der Waals surface area (Å²) in [6.45, 7) is 2.52. The molecular formula is C20H17ClN2O3. The Hall–Kier alpha value is -2.21. The lowest BCUT2D eigenvalue weighted by Crippen LogP contribution is -2.34. The summed E-state index contributed by atoms with van der Waals surface area (Å²) in [5.41, 5.74) is 4.61. The Balaban J connectivity index is 1.81. The zero-order chi connectivity index (χ0) is 18.0. The Morgan fingerprint density at radius 2 is 2.15 bits per heavy atom. The first-order chi connectivity index (χ1) is 12.6. The SMILES string of the molecule is CC[C@H]1c2cc3n(c(=O)c2CO[C@H]1O)Cc1c-3nc2ccccc2c1Cl. The topological polar surface area (TPSA) is 64.3 Å². The van der Waals surface area contributed by atoms with Crippen molar-refractivity contribution in [3.05, 3.63) is 62.4 Å². The molecule has 3 aromatic rings. The minimum atomic E-state index is -0.885. The molecule has 5 nitrogen and oxygen atoms in total. The fraction of sp³-hybridized carbons (Fsp3) is 0.300. The molecule has 2 aliphatic rings. The quantitative estimate of drug-likeness (QED) is 0.559. The summed E-state index contributed by atoms with van der Waals surface area (Å²) in [5, 5.41) is 11.7. The van der Waals surface area contributed by atoms with E-state index in [0.717, 1.165) is 33.4 Å². The van der Waals surface area contributed by atoms with Crippen LogP contribution in [0.3, 0.4) is 0 Å². The second-order valence-corrected chi connectivity index (χ2v) is 7.22. The van der Waals surface area contributed by atoms with E-state index in [-0.39, 0.29) is 18.1 Å². The van der Waals surface area contributed by atoms with Crippen LogP contribution in [0.15, 0.2) is 35.1 Å². The zero-order valence-electron chi connectivity index (χ0n) is 14.2. The van der Waals surface area contributed by atoms with Crippen LogP contribution in [0.4, 0.5) is 0 Å². The summed E-state index contributed by atoms with van der Waals surface area (Å²) in [6.07, 6.45) is -0.195. The lowest BCUT2D eigenvalue weighted by molar-refractivity contribution is -0.134. The van der Waals surface area contributed by atoms with E-state index in [0.29, 0.717) is 23.6 Å². The molecule has 2 aromatic heterocycles. The van der Waals surface area contributed by atoms with E-state index in [2.05, 4.69) is 0 Å². The van der Waals surface area contributed by atoms with Crippen LogP contribution in [0.1, 0.15) is 36.0 Å². The number of benzene rings is 1. The number of hydrogen-bond donors (Lipinski definition) is 1. The van der Waals surface area contributed by atoms with Crippen molar-refractivity contribution in [1.29, 1.82) is 0 Å². The molecule has 5 rings (SSSR count). The van der Waals surface area contributed by atoms with Gasteiger partial charge in [0.05, 0.1) is 35.1 Å². The van der Waals surface area contributed by atoms with Crippen molar-refractivity contribution in [3.8, 4) is 11.4 Å². The van der Waals surface area contributed by atoms with Crippen molar-refractivity contribution in [1.82, 2.24) is 9.55 Å². The normalized spacial score (nSPS) is 20.7. The van der Waals surface area contributed by atoms with Crippen LogP contribution in [-0.2, 0) is 17.9 Å². The summed E-state index contributed by atoms with van der Waals surface area (Å²) < 4.78 is 7.13. The maximum absolute atomic E-state index is 13.1. The van der Waals surface area contributed by atoms with Gasteiger partial charge >= 0.3 is 0 Å². The fourth-order valence-electron chi connectivity index (χ4n) is 4.12. The number of aromatic nitrogens is 2. The molecular weight excluding hydrogens is 352 g/mol. The van der Waals surface area contributed by atoms with Crippen LogP contribution < -0.4 is 5.56 Å². The van der Waals surface area contributed by atoms with Gasteiger partial charge in [0.15, 0.2) is 6.29 Å². The third kappa shape index (κ3) is 2.05. The Kier molecular flexibility index (Phi) is 3.47. The Labute approximate surface area is 154 Å². The highest BCUT2D eigenvalue weighted by atomic mass is 35.5. The number of aliphatic hydroxyl groups is 1. The minimum absolute atomic E-state index is 0.0824. The number of hydrogen-bond acceptors (Lipinski definition) is 4. The summed E-state index contributed by atoms with van der Waals surface area (Å²) in [5.74, 6) is -0.211. The second-order valence-electron chi connectivity index (χ2n) is 6.84. The fourth-order valence-corrected chi connectivity index (χ4v) is 4.43. The highest BCUT2D eigenvalue weighted by molar-refractivity contribution is 6.36. The van der Waals surface area contributed by atoms with Gasteiger partial charge in [-0.25, -0.2) is 4.98 Å². The third-order valence-electron chi connectivity index (χ3n) is 5.50. The van der Waals surface area contributed by atoms with E-state index in [9.17, 15) is 9.90 Å². The molecule has 0 saturated heterocycles.